The lowest BCUT2D eigenvalue weighted by Gasteiger charge is -2.02. The highest BCUT2D eigenvalue weighted by Crippen LogP contribution is 2.34. The number of nitrogens with two attached hydrogens (primary N) is 1. The van der Waals surface area contributed by atoms with Gasteiger partial charge in [0.15, 0.2) is 16.6 Å². The van der Waals surface area contributed by atoms with E-state index in [1.807, 2.05) is 37.4 Å². The Hall–Kier alpha value is -2.54. The summed E-state index contributed by atoms with van der Waals surface area (Å²) in [4.78, 5) is 5.22. The van der Waals surface area contributed by atoms with Crippen molar-refractivity contribution in [3.8, 4) is 27.8 Å². The third-order valence-electron chi connectivity index (χ3n) is 3.26. The van der Waals surface area contributed by atoms with Crippen LogP contribution in [-0.2, 0) is 0 Å². The molecule has 0 fully saturated rings. The average Bonchev–Trinajstić information content (AvgIpc) is 3.17. The number of rotatable bonds is 2. The number of benzene rings is 1. The standard InChI is InChI=1S/C14H12N4O2S/c1-8-13(21-14(15)16-8)10-4-5-18(17-10)9-2-3-11-12(6-9)20-7-19-11/h2-6H,7H2,1H3,(H2,15,16). The minimum atomic E-state index is 0.266. The summed E-state index contributed by atoms with van der Waals surface area (Å²) in [6.07, 6.45) is 1.90. The minimum Gasteiger partial charge on any atom is -0.454 e. The van der Waals surface area contributed by atoms with E-state index >= 15 is 0 Å². The summed E-state index contributed by atoms with van der Waals surface area (Å²) in [6.45, 7) is 2.20. The quantitative estimate of drug-likeness (QED) is 0.787. The van der Waals surface area contributed by atoms with Crippen molar-refractivity contribution in [2.75, 3.05) is 12.5 Å². The third kappa shape index (κ3) is 2.02. The highest BCUT2D eigenvalue weighted by Gasteiger charge is 2.15. The zero-order chi connectivity index (χ0) is 14.4. The highest BCUT2D eigenvalue weighted by molar-refractivity contribution is 7.18. The maximum atomic E-state index is 5.74. The Morgan fingerprint density at radius 3 is 2.90 bits per heavy atom. The van der Waals surface area contributed by atoms with Crippen LogP contribution < -0.4 is 15.2 Å². The fraction of sp³-hybridized carbons (Fsp3) is 0.143. The number of hydrogen-bond donors (Lipinski definition) is 1. The zero-order valence-corrected chi connectivity index (χ0v) is 12.1. The summed E-state index contributed by atoms with van der Waals surface area (Å²) in [6, 6.07) is 7.69. The maximum Gasteiger partial charge on any atom is 0.231 e. The molecule has 21 heavy (non-hydrogen) atoms. The van der Waals surface area contributed by atoms with Gasteiger partial charge in [-0.3, -0.25) is 0 Å². The van der Waals surface area contributed by atoms with Gasteiger partial charge in [0.1, 0.15) is 5.69 Å². The van der Waals surface area contributed by atoms with Crippen molar-refractivity contribution in [2.45, 2.75) is 6.92 Å². The van der Waals surface area contributed by atoms with Gasteiger partial charge < -0.3 is 15.2 Å². The van der Waals surface area contributed by atoms with Crippen LogP contribution in [0.4, 0.5) is 5.13 Å². The minimum absolute atomic E-state index is 0.266. The predicted octanol–water partition coefficient (Wildman–Crippen LogP) is 2.62. The Bertz CT molecular complexity index is 824. The molecule has 0 saturated heterocycles. The Kier molecular flexibility index (Phi) is 2.61. The van der Waals surface area contributed by atoms with E-state index in [0.717, 1.165) is 33.5 Å². The second-order valence-corrected chi connectivity index (χ2v) is 5.68. The van der Waals surface area contributed by atoms with Gasteiger partial charge in [0.05, 0.1) is 16.3 Å². The van der Waals surface area contributed by atoms with Crippen LogP contribution in [0.25, 0.3) is 16.3 Å². The zero-order valence-electron chi connectivity index (χ0n) is 11.2. The summed E-state index contributed by atoms with van der Waals surface area (Å²) < 4.78 is 12.5. The number of aromatic nitrogens is 3. The first-order valence-corrected chi connectivity index (χ1v) is 7.21. The van der Waals surface area contributed by atoms with Crippen LogP contribution in [0.5, 0.6) is 11.5 Å². The Balaban J connectivity index is 1.73. The molecule has 0 bridgehead atoms. The van der Waals surface area contributed by atoms with Crippen LogP contribution >= 0.6 is 11.3 Å². The molecule has 0 amide bonds. The van der Waals surface area contributed by atoms with Crippen LogP contribution in [0, 0.1) is 6.92 Å². The van der Waals surface area contributed by atoms with Crippen molar-refractivity contribution in [1.82, 2.24) is 14.8 Å². The molecule has 2 aromatic heterocycles. The average molecular weight is 300 g/mol. The molecule has 0 unspecified atom stereocenters. The van der Waals surface area contributed by atoms with Crippen molar-refractivity contribution in [2.24, 2.45) is 0 Å². The molecule has 0 radical (unpaired) electrons. The van der Waals surface area contributed by atoms with Gasteiger partial charge in [-0.25, -0.2) is 9.67 Å². The monoisotopic (exact) mass is 300 g/mol. The van der Waals surface area contributed by atoms with Crippen LogP contribution in [0.15, 0.2) is 30.5 Å². The van der Waals surface area contributed by atoms with E-state index < -0.39 is 0 Å². The first kappa shape index (κ1) is 12.2. The van der Waals surface area contributed by atoms with Gasteiger partial charge in [0.2, 0.25) is 6.79 Å². The van der Waals surface area contributed by atoms with Crippen molar-refractivity contribution in [3.63, 3.8) is 0 Å². The lowest BCUT2D eigenvalue weighted by Crippen LogP contribution is -1.95. The Morgan fingerprint density at radius 1 is 1.24 bits per heavy atom. The molecule has 1 aliphatic rings. The number of anilines is 1. The van der Waals surface area contributed by atoms with Crippen molar-refractivity contribution in [3.05, 3.63) is 36.2 Å². The van der Waals surface area contributed by atoms with E-state index in [4.69, 9.17) is 15.2 Å². The molecule has 3 aromatic rings. The first-order chi connectivity index (χ1) is 10.2. The van der Waals surface area contributed by atoms with E-state index in [1.165, 1.54) is 11.3 Å². The molecule has 0 spiro atoms. The van der Waals surface area contributed by atoms with Gasteiger partial charge in [-0.1, -0.05) is 11.3 Å². The normalized spacial score (nSPS) is 12.8. The number of fused-ring (bicyclic) bond motifs is 1. The second kappa shape index (κ2) is 4.49. The van der Waals surface area contributed by atoms with Gasteiger partial charge in [-0.15, -0.1) is 0 Å². The number of nitrogens with zero attached hydrogens (tertiary/aromatic N) is 3. The molecular formula is C14H12N4O2S. The number of aryl methyl sites for hydroxylation is 1. The molecule has 6 nitrogen and oxygen atoms in total. The Labute approximate surface area is 124 Å². The van der Waals surface area contributed by atoms with Crippen molar-refractivity contribution >= 4 is 16.5 Å². The summed E-state index contributed by atoms with van der Waals surface area (Å²) >= 11 is 1.44. The fourth-order valence-corrected chi connectivity index (χ4v) is 3.07. The lowest BCUT2D eigenvalue weighted by molar-refractivity contribution is 0.174. The number of hydrogen-bond acceptors (Lipinski definition) is 6. The number of ether oxygens (including phenoxy) is 2. The van der Waals surface area contributed by atoms with Crippen LogP contribution in [0.2, 0.25) is 0 Å². The van der Waals surface area contributed by atoms with Gasteiger partial charge in [-0.2, -0.15) is 5.10 Å². The smallest absolute Gasteiger partial charge is 0.231 e. The molecule has 2 N–H and O–H groups in total. The third-order valence-corrected chi connectivity index (χ3v) is 4.26. The molecule has 1 aromatic carbocycles. The summed E-state index contributed by atoms with van der Waals surface area (Å²) in [5, 5.41) is 5.14. The van der Waals surface area contributed by atoms with Gasteiger partial charge in [0, 0.05) is 12.3 Å². The molecule has 0 atom stereocenters. The van der Waals surface area contributed by atoms with Crippen LogP contribution in [0.1, 0.15) is 5.69 Å². The predicted molar refractivity (Wildman–Crippen MR) is 79.9 cm³/mol. The fourth-order valence-electron chi connectivity index (χ4n) is 2.27. The second-order valence-electron chi connectivity index (χ2n) is 4.65. The van der Waals surface area contributed by atoms with E-state index in [2.05, 4.69) is 10.1 Å². The molecule has 0 aliphatic carbocycles. The topological polar surface area (TPSA) is 75.2 Å². The number of thiazole rings is 1. The van der Waals surface area contributed by atoms with Crippen LogP contribution in [0.3, 0.4) is 0 Å². The van der Waals surface area contributed by atoms with Gasteiger partial charge >= 0.3 is 0 Å². The van der Waals surface area contributed by atoms with Gasteiger partial charge in [-0.05, 0) is 25.1 Å². The summed E-state index contributed by atoms with van der Waals surface area (Å²) in [5.74, 6) is 1.50. The van der Waals surface area contributed by atoms with E-state index in [-0.39, 0.29) is 6.79 Å². The molecule has 0 saturated carbocycles. The van der Waals surface area contributed by atoms with Crippen molar-refractivity contribution in [1.29, 1.82) is 0 Å². The summed E-state index contributed by atoms with van der Waals surface area (Å²) in [7, 11) is 0. The molecule has 106 valence electrons. The maximum absolute atomic E-state index is 5.74. The lowest BCUT2D eigenvalue weighted by atomic mass is 10.3. The molecule has 4 rings (SSSR count). The molecule has 7 heteroatoms. The Morgan fingerprint density at radius 2 is 2.10 bits per heavy atom. The largest absolute Gasteiger partial charge is 0.454 e. The van der Waals surface area contributed by atoms with Crippen LogP contribution in [-0.4, -0.2) is 21.6 Å². The first-order valence-electron chi connectivity index (χ1n) is 6.40. The van der Waals surface area contributed by atoms with Gasteiger partial charge in [0.25, 0.3) is 0 Å². The highest BCUT2D eigenvalue weighted by atomic mass is 32.1. The van der Waals surface area contributed by atoms with Crippen molar-refractivity contribution < 1.29 is 9.47 Å². The van der Waals surface area contributed by atoms with E-state index in [0.29, 0.717) is 5.13 Å². The molecule has 1 aliphatic heterocycles. The summed E-state index contributed by atoms with van der Waals surface area (Å²) in [5.41, 5.74) is 8.41. The van der Waals surface area contributed by atoms with E-state index in [9.17, 15) is 0 Å². The number of nitrogen functional groups attached to an aromatic ring is 1. The SMILES string of the molecule is Cc1nc(N)sc1-c1ccn(-c2ccc3c(c2)OCO3)n1. The molecule has 3 heterocycles. The molecular weight excluding hydrogens is 288 g/mol. The van der Waals surface area contributed by atoms with E-state index in [1.54, 1.807) is 4.68 Å².